The maximum atomic E-state index is 9.32. The SMILES string of the molecule is C.N#CC=S(=O)=O. The van der Waals surface area contributed by atoms with Crippen LogP contribution in [0.1, 0.15) is 7.43 Å². The van der Waals surface area contributed by atoms with E-state index in [2.05, 4.69) is 0 Å². The minimum Gasteiger partial charge on any atom is -0.192 e. The van der Waals surface area contributed by atoms with Crippen molar-refractivity contribution in [2.75, 3.05) is 0 Å². The molecular formula is C3H5NO2S. The van der Waals surface area contributed by atoms with Crippen LogP contribution in [0.4, 0.5) is 0 Å². The lowest BCUT2D eigenvalue weighted by Crippen LogP contribution is -1.60. The summed E-state index contributed by atoms with van der Waals surface area (Å²) in [4.78, 5) is 0. The summed E-state index contributed by atoms with van der Waals surface area (Å²) in [6, 6.07) is 1.33. The topological polar surface area (TPSA) is 57.9 Å². The second kappa shape index (κ2) is 5.18. The molecule has 0 atom stereocenters. The first kappa shape index (κ1) is 9.49. The van der Waals surface area contributed by atoms with Gasteiger partial charge < -0.3 is 0 Å². The predicted octanol–water partition coefficient (Wildman–Crippen LogP) is -0.173. The third-order valence-corrected chi connectivity index (χ3v) is 0.447. The average Bonchev–Trinajstić information content (AvgIpc) is 1.35. The van der Waals surface area contributed by atoms with Gasteiger partial charge in [0.05, 0.1) is 0 Å². The molecule has 0 rings (SSSR count). The summed E-state index contributed by atoms with van der Waals surface area (Å²) in [5, 5.41) is 8.05. The van der Waals surface area contributed by atoms with Crippen LogP contribution in [0.3, 0.4) is 0 Å². The fourth-order valence-corrected chi connectivity index (χ4v) is 0.129. The van der Waals surface area contributed by atoms with Gasteiger partial charge in [0, 0.05) is 0 Å². The first-order chi connectivity index (χ1) is 2.77. The van der Waals surface area contributed by atoms with Gasteiger partial charge in [-0.15, -0.1) is 0 Å². The summed E-state index contributed by atoms with van der Waals surface area (Å²) < 4.78 is 18.6. The summed E-state index contributed by atoms with van der Waals surface area (Å²) in [7, 11) is -2.30. The maximum Gasteiger partial charge on any atom is 0.224 e. The van der Waals surface area contributed by atoms with E-state index in [1.54, 1.807) is 0 Å². The molecule has 40 valence electrons. The highest BCUT2D eigenvalue weighted by molar-refractivity contribution is 7.71. The third kappa shape index (κ3) is 11.0. The van der Waals surface area contributed by atoms with Gasteiger partial charge in [0.25, 0.3) is 0 Å². The van der Waals surface area contributed by atoms with Gasteiger partial charge in [-0.1, -0.05) is 7.43 Å². The van der Waals surface area contributed by atoms with Crippen LogP contribution in [-0.2, 0) is 10.3 Å². The van der Waals surface area contributed by atoms with E-state index in [-0.39, 0.29) is 7.43 Å². The fourth-order valence-electron chi connectivity index (χ4n) is 0.0430. The Morgan fingerprint density at radius 3 is 2.00 bits per heavy atom. The molecular weight excluding hydrogens is 114 g/mol. The van der Waals surface area contributed by atoms with Gasteiger partial charge in [0.1, 0.15) is 11.4 Å². The van der Waals surface area contributed by atoms with Crippen molar-refractivity contribution in [3.63, 3.8) is 0 Å². The quantitative estimate of drug-likeness (QED) is 0.416. The molecule has 0 aromatic heterocycles. The van der Waals surface area contributed by atoms with Gasteiger partial charge in [-0.25, -0.2) is 0 Å². The van der Waals surface area contributed by atoms with E-state index in [4.69, 9.17) is 5.26 Å². The first-order valence-corrected chi connectivity index (χ1v) is 2.22. The Kier molecular flexibility index (Phi) is 7.02. The lowest BCUT2D eigenvalue weighted by atomic mass is 10.9. The number of nitriles is 1. The van der Waals surface area contributed by atoms with E-state index in [0.717, 1.165) is 0 Å². The summed E-state index contributed by atoms with van der Waals surface area (Å²) in [5.41, 5.74) is 0. The Hall–Kier alpha value is -0.820. The number of hydrogen-bond donors (Lipinski definition) is 0. The number of rotatable bonds is 0. The van der Waals surface area contributed by atoms with Crippen LogP contribution in [-0.4, -0.2) is 13.8 Å². The molecule has 0 saturated carbocycles. The van der Waals surface area contributed by atoms with E-state index in [9.17, 15) is 8.42 Å². The van der Waals surface area contributed by atoms with Crippen LogP contribution >= 0.6 is 0 Å². The van der Waals surface area contributed by atoms with Crippen molar-refractivity contribution in [1.29, 1.82) is 5.26 Å². The first-order valence-electron chi connectivity index (χ1n) is 1.08. The Morgan fingerprint density at radius 1 is 1.57 bits per heavy atom. The second-order valence-electron chi connectivity index (χ2n) is 0.507. The Labute approximate surface area is 43.7 Å². The highest BCUT2D eigenvalue weighted by Gasteiger charge is 1.57. The molecule has 0 heterocycles. The zero-order valence-corrected chi connectivity index (χ0v) is 3.57. The standard InChI is InChI=1S/C2HNO2S.CH4/c3-1-2-6(4)5;/h2H;1H4. The molecule has 0 aromatic carbocycles. The van der Waals surface area contributed by atoms with E-state index < -0.39 is 10.3 Å². The molecule has 0 radical (unpaired) electrons. The summed E-state index contributed by atoms with van der Waals surface area (Å²) >= 11 is 0. The minimum atomic E-state index is -2.30. The molecule has 0 aliphatic rings. The van der Waals surface area contributed by atoms with Gasteiger partial charge in [-0.05, 0) is 0 Å². The second-order valence-corrected chi connectivity index (χ2v) is 1.26. The summed E-state index contributed by atoms with van der Waals surface area (Å²) in [6.07, 6.45) is 0. The van der Waals surface area contributed by atoms with Gasteiger partial charge in [-0.3, -0.25) is 0 Å². The van der Waals surface area contributed by atoms with Crippen molar-refractivity contribution in [1.82, 2.24) is 0 Å². The largest absolute Gasteiger partial charge is 0.224 e. The zero-order chi connectivity index (χ0) is 4.99. The van der Waals surface area contributed by atoms with Crippen LogP contribution in [0.5, 0.6) is 0 Å². The molecule has 0 fully saturated rings. The molecule has 0 saturated heterocycles. The van der Waals surface area contributed by atoms with Crippen LogP contribution in [0.25, 0.3) is 0 Å². The zero-order valence-electron chi connectivity index (χ0n) is 2.75. The van der Waals surface area contributed by atoms with Crippen LogP contribution < -0.4 is 0 Å². The van der Waals surface area contributed by atoms with Gasteiger partial charge in [-0.2, -0.15) is 13.7 Å². The molecule has 3 nitrogen and oxygen atoms in total. The number of hydrogen-bond acceptors (Lipinski definition) is 3. The number of nitrogens with zero attached hydrogens (tertiary/aromatic N) is 1. The van der Waals surface area contributed by atoms with E-state index in [1.807, 2.05) is 0 Å². The Balaban J connectivity index is 0. The van der Waals surface area contributed by atoms with Crippen molar-refractivity contribution in [3.05, 3.63) is 0 Å². The predicted molar refractivity (Wildman–Crippen MR) is 27.3 cm³/mol. The summed E-state index contributed by atoms with van der Waals surface area (Å²) in [5.74, 6) is 0. The highest BCUT2D eigenvalue weighted by Crippen LogP contribution is 1.33. The highest BCUT2D eigenvalue weighted by atomic mass is 32.2. The molecule has 0 aliphatic carbocycles. The molecule has 0 aliphatic heterocycles. The lowest BCUT2D eigenvalue weighted by molar-refractivity contribution is 0.627. The van der Waals surface area contributed by atoms with Crippen LogP contribution in [0, 0.1) is 11.3 Å². The minimum absolute atomic E-state index is 0. The molecule has 7 heavy (non-hydrogen) atoms. The normalized spacial score (nSPS) is 5.00. The van der Waals surface area contributed by atoms with Gasteiger partial charge >= 0.3 is 0 Å². The third-order valence-electron chi connectivity index (χ3n) is 0.149. The van der Waals surface area contributed by atoms with Crippen molar-refractivity contribution in [2.24, 2.45) is 0 Å². The molecule has 0 unspecified atom stereocenters. The van der Waals surface area contributed by atoms with Gasteiger partial charge in [0.2, 0.25) is 10.3 Å². The average molecular weight is 119 g/mol. The van der Waals surface area contributed by atoms with E-state index in [0.29, 0.717) is 5.37 Å². The van der Waals surface area contributed by atoms with Crippen LogP contribution in [0.15, 0.2) is 0 Å². The monoisotopic (exact) mass is 119 g/mol. The molecule has 0 N–H and O–H groups in total. The van der Waals surface area contributed by atoms with Crippen molar-refractivity contribution < 1.29 is 8.42 Å². The molecule has 0 aromatic rings. The van der Waals surface area contributed by atoms with E-state index in [1.165, 1.54) is 6.07 Å². The van der Waals surface area contributed by atoms with E-state index >= 15 is 0 Å². The fraction of sp³-hybridized carbons (Fsp3) is 0.333. The van der Waals surface area contributed by atoms with Crippen molar-refractivity contribution in [3.8, 4) is 6.07 Å². The smallest absolute Gasteiger partial charge is 0.192 e. The van der Waals surface area contributed by atoms with Crippen molar-refractivity contribution in [2.45, 2.75) is 7.43 Å². The van der Waals surface area contributed by atoms with Crippen molar-refractivity contribution >= 4 is 15.7 Å². The molecule has 0 bridgehead atoms. The molecule has 0 amide bonds. The lowest BCUT2D eigenvalue weighted by Gasteiger charge is -1.37. The molecule has 0 spiro atoms. The van der Waals surface area contributed by atoms with Gasteiger partial charge in [0.15, 0.2) is 0 Å². The molecule has 4 heteroatoms. The van der Waals surface area contributed by atoms with Crippen LogP contribution in [0.2, 0.25) is 0 Å². The summed E-state index contributed by atoms with van der Waals surface area (Å²) in [6.45, 7) is 0. The Morgan fingerprint density at radius 2 is 2.00 bits per heavy atom. The maximum absolute atomic E-state index is 9.32. The Bertz CT molecular complexity index is 175.